The smallest absolute Gasteiger partial charge is 0.152 e. The van der Waals surface area contributed by atoms with Gasteiger partial charge in [0.15, 0.2) is 9.84 Å². The number of nitrogens with zero attached hydrogens (tertiary/aromatic N) is 3. The van der Waals surface area contributed by atoms with Crippen LogP contribution in [0.3, 0.4) is 0 Å². The Balaban J connectivity index is 2.55. The van der Waals surface area contributed by atoms with Crippen molar-refractivity contribution >= 4 is 9.84 Å². The summed E-state index contributed by atoms with van der Waals surface area (Å²) in [5.41, 5.74) is 0.452. The summed E-state index contributed by atoms with van der Waals surface area (Å²) >= 11 is 0. The zero-order valence-electron chi connectivity index (χ0n) is 9.50. The molecule has 6 nitrogen and oxygen atoms in total. The number of rotatable bonds is 6. The van der Waals surface area contributed by atoms with Crippen molar-refractivity contribution in [3.8, 4) is 0 Å². The molecule has 0 bridgehead atoms. The van der Waals surface area contributed by atoms with Gasteiger partial charge in [-0.15, -0.1) is 5.10 Å². The van der Waals surface area contributed by atoms with Crippen molar-refractivity contribution in [2.75, 3.05) is 11.5 Å². The number of aliphatic hydroxyl groups excluding tert-OH is 1. The SMILES string of the molecule is CCCS(=O)(=O)CCn1cc(C(C)O)nn1. The highest BCUT2D eigenvalue weighted by molar-refractivity contribution is 7.91. The molecule has 0 aliphatic carbocycles. The summed E-state index contributed by atoms with van der Waals surface area (Å²) in [4.78, 5) is 0. The van der Waals surface area contributed by atoms with Crippen LogP contribution in [-0.4, -0.2) is 40.0 Å². The van der Waals surface area contributed by atoms with Gasteiger partial charge in [-0.25, -0.2) is 8.42 Å². The third-order valence-corrected chi connectivity index (χ3v) is 3.97. The van der Waals surface area contributed by atoms with E-state index < -0.39 is 15.9 Å². The second-order valence-corrected chi connectivity index (χ2v) is 6.04. The quantitative estimate of drug-likeness (QED) is 0.773. The maximum absolute atomic E-state index is 11.4. The Morgan fingerprint density at radius 3 is 2.69 bits per heavy atom. The Labute approximate surface area is 95.2 Å². The minimum atomic E-state index is -2.99. The van der Waals surface area contributed by atoms with E-state index in [1.807, 2.05) is 6.92 Å². The second kappa shape index (κ2) is 5.40. The molecular formula is C9H17N3O3S. The first-order valence-corrected chi connectivity index (χ1v) is 7.05. The lowest BCUT2D eigenvalue weighted by Crippen LogP contribution is -2.16. The van der Waals surface area contributed by atoms with Gasteiger partial charge in [-0.1, -0.05) is 12.1 Å². The zero-order chi connectivity index (χ0) is 12.2. The maximum Gasteiger partial charge on any atom is 0.152 e. The minimum Gasteiger partial charge on any atom is -0.387 e. The van der Waals surface area contributed by atoms with Gasteiger partial charge in [0.25, 0.3) is 0 Å². The van der Waals surface area contributed by atoms with Gasteiger partial charge >= 0.3 is 0 Å². The van der Waals surface area contributed by atoms with Gasteiger partial charge in [0.2, 0.25) is 0 Å². The molecule has 0 saturated heterocycles. The molecule has 0 saturated carbocycles. The molecule has 1 rings (SSSR count). The molecule has 1 unspecified atom stereocenters. The van der Waals surface area contributed by atoms with Gasteiger partial charge in [0, 0.05) is 5.75 Å². The number of hydrogen-bond donors (Lipinski definition) is 1. The van der Waals surface area contributed by atoms with Crippen LogP contribution in [0.2, 0.25) is 0 Å². The fourth-order valence-corrected chi connectivity index (χ4v) is 2.55. The Morgan fingerprint density at radius 2 is 2.19 bits per heavy atom. The molecule has 1 heterocycles. The van der Waals surface area contributed by atoms with Crippen molar-refractivity contribution in [1.29, 1.82) is 0 Å². The maximum atomic E-state index is 11.4. The molecule has 16 heavy (non-hydrogen) atoms. The number of aromatic nitrogens is 3. The monoisotopic (exact) mass is 247 g/mol. The van der Waals surface area contributed by atoms with E-state index in [1.54, 1.807) is 13.1 Å². The first-order chi connectivity index (χ1) is 7.44. The van der Waals surface area contributed by atoms with Gasteiger partial charge in [-0.2, -0.15) is 0 Å². The summed E-state index contributed by atoms with van der Waals surface area (Å²) in [6.45, 7) is 3.70. The van der Waals surface area contributed by atoms with Crippen molar-refractivity contribution in [3.63, 3.8) is 0 Å². The van der Waals surface area contributed by atoms with Gasteiger partial charge in [-0.3, -0.25) is 4.68 Å². The Kier molecular flexibility index (Phi) is 4.43. The molecule has 92 valence electrons. The fourth-order valence-electron chi connectivity index (χ4n) is 1.26. The average molecular weight is 247 g/mol. The molecule has 0 aliphatic rings. The van der Waals surface area contributed by atoms with Gasteiger partial charge in [0.05, 0.1) is 24.6 Å². The van der Waals surface area contributed by atoms with E-state index in [0.29, 0.717) is 12.1 Å². The fraction of sp³-hybridized carbons (Fsp3) is 0.778. The van der Waals surface area contributed by atoms with Crippen LogP contribution in [0.5, 0.6) is 0 Å². The molecule has 0 aromatic carbocycles. The normalized spacial score (nSPS) is 13.9. The summed E-state index contributed by atoms with van der Waals surface area (Å²) in [6, 6.07) is 0. The Morgan fingerprint density at radius 1 is 1.50 bits per heavy atom. The predicted molar refractivity (Wildman–Crippen MR) is 59.6 cm³/mol. The molecule has 0 fully saturated rings. The van der Waals surface area contributed by atoms with Crippen molar-refractivity contribution < 1.29 is 13.5 Å². The van der Waals surface area contributed by atoms with E-state index in [-0.39, 0.29) is 18.1 Å². The lowest BCUT2D eigenvalue weighted by molar-refractivity contribution is 0.194. The first kappa shape index (κ1) is 13.1. The van der Waals surface area contributed by atoms with Crippen LogP contribution in [0.15, 0.2) is 6.20 Å². The first-order valence-electron chi connectivity index (χ1n) is 5.23. The molecule has 1 aromatic rings. The number of sulfone groups is 1. The lowest BCUT2D eigenvalue weighted by Gasteiger charge is -2.02. The molecular weight excluding hydrogens is 230 g/mol. The third-order valence-electron chi connectivity index (χ3n) is 2.13. The molecule has 0 amide bonds. The number of aliphatic hydroxyl groups is 1. The van der Waals surface area contributed by atoms with Crippen LogP contribution in [0.4, 0.5) is 0 Å². The molecule has 0 spiro atoms. The molecule has 1 aromatic heterocycles. The van der Waals surface area contributed by atoms with Gasteiger partial charge in [0.1, 0.15) is 5.69 Å². The van der Waals surface area contributed by atoms with Crippen LogP contribution in [0.1, 0.15) is 32.1 Å². The van der Waals surface area contributed by atoms with Crippen LogP contribution in [0.25, 0.3) is 0 Å². The average Bonchev–Trinajstić information content (AvgIpc) is 2.63. The molecule has 0 radical (unpaired) electrons. The topological polar surface area (TPSA) is 85.1 Å². The zero-order valence-corrected chi connectivity index (χ0v) is 10.3. The highest BCUT2D eigenvalue weighted by Crippen LogP contribution is 2.06. The summed E-state index contributed by atoms with van der Waals surface area (Å²) in [5, 5.41) is 16.7. The van der Waals surface area contributed by atoms with Crippen LogP contribution >= 0.6 is 0 Å². The van der Waals surface area contributed by atoms with E-state index in [2.05, 4.69) is 10.3 Å². The van der Waals surface area contributed by atoms with Crippen molar-refractivity contribution in [1.82, 2.24) is 15.0 Å². The number of aryl methyl sites for hydroxylation is 1. The molecule has 7 heteroatoms. The lowest BCUT2D eigenvalue weighted by atomic mass is 10.3. The summed E-state index contributed by atoms with van der Waals surface area (Å²) in [7, 11) is -2.99. The van der Waals surface area contributed by atoms with Crippen molar-refractivity contribution in [2.45, 2.75) is 32.9 Å². The summed E-state index contributed by atoms with van der Waals surface area (Å²) in [5.74, 6) is 0.258. The van der Waals surface area contributed by atoms with Crippen LogP contribution in [0, 0.1) is 0 Å². The van der Waals surface area contributed by atoms with E-state index in [1.165, 1.54) is 4.68 Å². The molecule has 1 N–H and O–H groups in total. The van der Waals surface area contributed by atoms with Crippen molar-refractivity contribution in [2.24, 2.45) is 0 Å². The van der Waals surface area contributed by atoms with Gasteiger partial charge < -0.3 is 5.11 Å². The van der Waals surface area contributed by atoms with Gasteiger partial charge in [-0.05, 0) is 13.3 Å². The summed E-state index contributed by atoms with van der Waals surface area (Å²) in [6.07, 6.45) is 1.51. The van der Waals surface area contributed by atoms with E-state index >= 15 is 0 Å². The minimum absolute atomic E-state index is 0.0590. The molecule has 0 aliphatic heterocycles. The largest absolute Gasteiger partial charge is 0.387 e. The Hall–Kier alpha value is -0.950. The third kappa shape index (κ3) is 3.90. The van der Waals surface area contributed by atoms with Crippen LogP contribution in [-0.2, 0) is 16.4 Å². The highest BCUT2D eigenvalue weighted by Gasteiger charge is 2.11. The van der Waals surface area contributed by atoms with Crippen molar-refractivity contribution in [3.05, 3.63) is 11.9 Å². The highest BCUT2D eigenvalue weighted by atomic mass is 32.2. The van der Waals surface area contributed by atoms with E-state index in [9.17, 15) is 13.5 Å². The van der Waals surface area contributed by atoms with E-state index in [0.717, 1.165) is 0 Å². The standard InChI is InChI=1S/C9H17N3O3S/c1-3-5-16(14,15)6-4-12-7-9(8(2)13)10-11-12/h7-8,13H,3-6H2,1-2H3. The number of hydrogen-bond acceptors (Lipinski definition) is 5. The second-order valence-electron chi connectivity index (χ2n) is 3.73. The van der Waals surface area contributed by atoms with Crippen LogP contribution < -0.4 is 0 Å². The summed E-state index contributed by atoms with van der Waals surface area (Å²) < 4.78 is 24.3. The Bertz CT molecular complexity index is 425. The van der Waals surface area contributed by atoms with E-state index in [4.69, 9.17) is 0 Å². The molecule has 1 atom stereocenters. The predicted octanol–water partition coefficient (Wildman–Crippen LogP) is 0.156.